The van der Waals surface area contributed by atoms with Crippen LogP contribution in [0.2, 0.25) is 0 Å². The first kappa shape index (κ1) is 14.5. The van der Waals surface area contributed by atoms with Gasteiger partial charge in [0.25, 0.3) is 0 Å². The topological polar surface area (TPSA) is 60.8 Å². The molecule has 1 heterocycles. The molecule has 0 aliphatic carbocycles. The third-order valence-electron chi connectivity index (χ3n) is 3.61. The Kier molecular flexibility index (Phi) is 5.40. The van der Waals surface area contributed by atoms with Crippen LogP contribution in [-0.4, -0.2) is 46.3 Å². The Morgan fingerprint density at radius 1 is 1.47 bits per heavy atom. The Hall–Kier alpha value is -0.610. The minimum absolute atomic E-state index is 0.220. The maximum absolute atomic E-state index is 11.1. The van der Waals surface area contributed by atoms with Gasteiger partial charge in [0, 0.05) is 13.1 Å². The van der Waals surface area contributed by atoms with Crippen LogP contribution in [0.5, 0.6) is 0 Å². The van der Waals surface area contributed by atoms with Crippen LogP contribution < -0.4 is 0 Å². The van der Waals surface area contributed by atoms with E-state index in [1.165, 1.54) is 0 Å². The lowest BCUT2D eigenvalue weighted by atomic mass is 9.86. The van der Waals surface area contributed by atoms with Gasteiger partial charge < -0.3 is 10.2 Å². The largest absolute Gasteiger partial charge is 0.480 e. The number of aliphatic hydroxyl groups excluding tert-OH is 1. The Labute approximate surface area is 104 Å². The summed E-state index contributed by atoms with van der Waals surface area (Å²) in [5.74, 6) is 0.0174. The predicted molar refractivity (Wildman–Crippen MR) is 66.9 cm³/mol. The van der Waals surface area contributed by atoms with Crippen LogP contribution in [0.4, 0.5) is 0 Å². The molecule has 0 radical (unpaired) electrons. The molecular weight excluding hydrogens is 218 g/mol. The quantitative estimate of drug-likeness (QED) is 0.769. The van der Waals surface area contributed by atoms with E-state index >= 15 is 0 Å². The van der Waals surface area contributed by atoms with Gasteiger partial charge >= 0.3 is 5.97 Å². The van der Waals surface area contributed by atoms with Crippen LogP contribution in [-0.2, 0) is 4.79 Å². The van der Waals surface area contributed by atoms with E-state index < -0.39 is 12.0 Å². The second-order valence-electron chi connectivity index (χ2n) is 5.50. The zero-order chi connectivity index (χ0) is 13.0. The van der Waals surface area contributed by atoms with E-state index in [0.717, 1.165) is 6.42 Å². The fourth-order valence-corrected chi connectivity index (χ4v) is 2.76. The summed E-state index contributed by atoms with van der Waals surface area (Å²) in [6, 6.07) is -0.392. The summed E-state index contributed by atoms with van der Waals surface area (Å²) in [5, 5.41) is 19.1. The van der Waals surface area contributed by atoms with Crippen LogP contribution in [0.3, 0.4) is 0 Å². The van der Waals surface area contributed by atoms with E-state index in [4.69, 9.17) is 5.11 Å². The first-order valence-corrected chi connectivity index (χ1v) is 6.60. The molecule has 0 spiro atoms. The highest BCUT2D eigenvalue weighted by atomic mass is 16.4. The van der Waals surface area contributed by atoms with Gasteiger partial charge in [0.15, 0.2) is 0 Å². The maximum Gasteiger partial charge on any atom is 0.320 e. The molecule has 1 aliphatic rings. The summed E-state index contributed by atoms with van der Waals surface area (Å²) in [4.78, 5) is 13.2. The average Bonchev–Trinajstić information content (AvgIpc) is 2.22. The highest BCUT2D eigenvalue weighted by Crippen LogP contribution is 2.25. The molecule has 0 aromatic carbocycles. The lowest BCUT2D eigenvalue weighted by Gasteiger charge is -2.39. The van der Waals surface area contributed by atoms with Crippen molar-refractivity contribution in [2.24, 2.45) is 11.8 Å². The van der Waals surface area contributed by atoms with Crippen molar-refractivity contribution in [2.75, 3.05) is 13.1 Å². The average molecular weight is 243 g/mol. The number of hydrogen-bond acceptors (Lipinski definition) is 3. The summed E-state index contributed by atoms with van der Waals surface area (Å²) < 4.78 is 0. The second-order valence-corrected chi connectivity index (χ2v) is 5.50. The fraction of sp³-hybridized carbons (Fsp3) is 0.923. The van der Waals surface area contributed by atoms with Crippen LogP contribution in [0.25, 0.3) is 0 Å². The van der Waals surface area contributed by atoms with Gasteiger partial charge in [-0.1, -0.05) is 20.8 Å². The molecule has 3 atom stereocenters. The van der Waals surface area contributed by atoms with Crippen LogP contribution in [0.15, 0.2) is 0 Å². The molecule has 1 rings (SSSR count). The smallest absolute Gasteiger partial charge is 0.320 e. The molecule has 100 valence electrons. The van der Waals surface area contributed by atoms with Gasteiger partial charge in [-0.25, -0.2) is 0 Å². The molecule has 1 aliphatic heterocycles. The molecule has 0 aromatic rings. The van der Waals surface area contributed by atoms with Gasteiger partial charge in [-0.05, 0) is 31.1 Å². The summed E-state index contributed by atoms with van der Waals surface area (Å²) in [6.07, 6.45) is 2.02. The standard InChI is InChI=1S/C13H25NO3/c1-4-11(13(16)17)14-6-5-12(15)10(8-14)7-9(2)3/h9-12,15H,4-8H2,1-3H3,(H,16,17)/t10-,11+,12+/m0/s1. The molecular formula is C13H25NO3. The number of carboxylic acids is 1. The molecule has 1 fully saturated rings. The van der Waals surface area contributed by atoms with Crippen LogP contribution >= 0.6 is 0 Å². The van der Waals surface area contributed by atoms with E-state index in [0.29, 0.717) is 31.8 Å². The zero-order valence-corrected chi connectivity index (χ0v) is 11.1. The van der Waals surface area contributed by atoms with Crippen molar-refractivity contribution in [3.05, 3.63) is 0 Å². The van der Waals surface area contributed by atoms with Gasteiger partial charge in [-0.15, -0.1) is 0 Å². The molecule has 0 unspecified atom stereocenters. The van der Waals surface area contributed by atoms with E-state index in [1.54, 1.807) is 0 Å². The Morgan fingerprint density at radius 2 is 2.12 bits per heavy atom. The van der Waals surface area contributed by atoms with E-state index in [9.17, 15) is 9.90 Å². The molecule has 4 heteroatoms. The lowest BCUT2D eigenvalue weighted by Crippen LogP contribution is -2.50. The summed E-state index contributed by atoms with van der Waals surface area (Å²) >= 11 is 0. The minimum Gasteiger partial charge on any atom is -0.480 e. The maximum atomic E-state index is 11.1. The molecule has 0 bridgehead atoms. The molecule has 2 N–H and O–H groups in total. The zero-order valence-electron chi connectivity index (χ0n) is 11.1. The molecule has 0 amide bonds. The number of nitrogens with zero attached hydrogens (tertiary/aromatic N) is 1. The molecule has 0 saturated carbocycles. The van der Waals surface area contributed by atoms with Crippen molar-refractivity contribution in [3.63, 3.8) is 0 Å². The number of rotatable bonds is 5. The fourth-order valence-electron chi connectivity index (χ4n) is 2.76. The van der Waals surface area contributed by atoms with Crippen molar-refractivity contribution < 1.29 is 15.0 Å². The third-order valence-corrected chi connectivity index (χ3v) is 3.61. The van der Waals surface area contributed by atoms with Crippen molar-refractivity contribution >= 4 is 5.97 Å². The first-order chi connectivity index (χ1) is 7.95. The Morgan fingerprint density at radius 3 is 2.59 bits per heavy atom. The number of aliphatic carboxylic acids is 1. The van der Waals surface area contributed by atoms with Crippen molar-refractivity contribution in [3.8, 4) is 0 Å². The van der Waals surface area contributed by atoms with Gasteiger partial charge in [0.2, 0.25) is 0 Å². The monoisotopic (exact) mass is 243 g/mol. The second kappa shape index (κ2) is 6.36. The van der Waals surface area contributed by atoms with Crippen molar-refractivity contribution in [1.29, 1.82) is 0 Å². The predicted octanol–water partition coefficient (Wildman–Crippen LogP) is 1.58. The summed E-state index contributed by atoms with van der Waals surface area (Å²) in [7, 11) is 0. The summed E-state index contributed by atoms with van der Waals surface area (Å²) in [6.45, 7) is 7.59. The van der Waals surface area contributed by atoms with Gasteiger partial charge in [0.1, 0.15) is 6.04 Å². The number of carbonyl (C=O) groups is 1. The molecule has 1 saturated heterocycles. The minimum atomic E-state index is -0.743. The van der Waals surface area contributed by atoms with E-state index in [-0.39, 0.29) is 12.0 Å². The number of piperidine rings is 1. The van der Waals surface area contributed by atoms with Gasteiger partial charge in [-0.2, -0.15) is 0 Å². The number of hydrogen-bond donors (Lipinski definition) is 2. The van der Waals surface area contributed by atoms with Crippen molar-refractivity contribution in [1.82, 2.24) is 4.90 Å². The van der Waals surface area contributed by atoms with Gasteiger partial charge in [0.05, 0.1) is 6.10 Å². The van der Waals surface area contributed by atoms with E-state index in [1.807, 2.05) is 11.8 Å². The van der Waals surface area contributed by atoms with Crippen LogP contribution in [0.1, 0.15) is 40.0 Å². The number of carboxylic acid groups (broad SMARTS) is 1. The Balaban J connectivity index is 2.62. The van der Waals surface area contributed by atoms with Crippen molar-refractivity contribution in [2.45, 2.75) is 52.2 Å². The third kappa shape index (κ3) is 3.96. The van der Waals surface area contributed by atoms with E-state index in [2.05, 4.69) is 13.8 Å². The Bertz CT molecular complexity index is 255. The normalized spacial score (nSPS) is 28.3. The van der Waals surface area contributed by atoms with Gasteiger partial charge in [-0.3, -0.25) is 9.69 Å². The first-order valence-electron chi connectivity index (χ1n) is 6.60. The lowest BCUT2D eigenvalue weighted by molar-refractivity contribution is -0.145. The number of likely N-dealkylation sites (tertiary alicyclic amines) is 1. The number of aliphatic hydroxyl groups is 1. The highest BCUT2D eigenvalue weighted by Gasteiger charge is 2.33. The highest BCUT2D eigenvalue weighted by molar-refractivity contribution is 5.73. The molecule has 17 heavy (non-hydrogen) atoms. The summed E-state index contributed by atoms with van der Waals surface area (Å²) in [5.41, 5.74) is 0. The molecule has 0 aromatic heterocycles. The molecule has 4 nitrogen and oxygen atoms in total. The SMILES string of the molecule is CC[C@H](C(=O)O)N1CC[C@@H](O)[C@@H](CC(C)C)C1. The van der Waals surface area contributed by atoms with Crippen LogP contribution in [0, 0.1) is 11.8 Å².